The predicted molar refractivity (Wildman–Crippen MR) is 80.7 cm³/mol. The minimum Gasteiger partial charge on any atom is -0.439 e. The van der Waals surface area contributed by atoms with Crippen molar-refractivity contribution >= 4 is 0 Å². The summed E-state index contributed by atoms with van der Waals surface area (Å²) in [5, 5.41) is 12.4. The number of aromatic nitrogens is 1. The van der Waals surface area contributed by atoms with Gasteiger partial charge in [-0.05, 0) is 37.6 Å². The van der Waals surface area contributed by atoms with E-state index in [0.29, 0.717) is 31.2 Å². The molecule has 0 radical (unpaired) electrons. The summed E-state index contributed by atoms with van der Waals surface area (Å²) in [5.74, 6) is 0.830. The average Bonchev–Trinajstić information content (AvgIpc) is 2.96. The van der Waals surface area contributed by atoms with Gasteiger partial charge in [0.15, 0.2) is 5.76 Å². The van der Waals surface area contributed by atoms with Crippen LogP contribution in [-0.2, 0) is 11.3 Å². The van der Waals surface area contributed by atoms with Crippen LogP contribution in [0.5, 0.6) is 0 Å². The highest BCUT2D eigenvalue weighted by molar-refractivity contribution is 5.55. The molecule has 0 saturated carbocycles. The molecule has 0 spiro atoms. The Morgan fingerprint density at radius 3 is 2.73 bits per heavy atom. The van der Waals surface area contributed by atoms with Crippen LogP contribution in [0.2, 0.25) is 0 Å². The van der Waals surface area contributed by atoms with Crippen molar-refractivity contribution in [2.75, 3.05) is 20.3 Å². The molecule has 0 fully saturated rings. The molecule has 1 aromatic heterocycles. The van der Waals surface area contributed by atoms with E-state index in [2.05, 4.69) is 10.3 Å². The molecule has 5 nitrogen and oxygen atoms in total. The Bertz CT molecular complexity index is 577. The van der Waals surface area contributed by atoms with Crippen LogP contribution in [0.3, 0.4) is 0 Å². The lowest BCUT2D eigenvalue weighted by molar-refractivity contribution is 0.0953. The molecule has 1 atom stereocenters. The Hall–Kier alpha value is -1.76. The Labute approximate surface area is 129 Å². The summed E-state index contributed by atoms with van der Waals surface area (Å²) in [4.78, 5) is 4.21. The van der Waals surface area contributed by atoms with Gasteiger partial charge in [-0.25, -0.2) is 9.37 Å². The lowest BCUT2D eigenvalue weighted by Gasteiger charge is -2.29. The van der Waals surface area contributed by atoms with Gasteiger partial charge in [-0.3, -0.25) is 0 Å². The van der Waals surface area contributed by atoms with Gasteiger partial charge in [0.1, 0.15) is 5.82 Å². The molecular formula is C16H21FN2O3. The Balaban J connectivity index is 2.01. The molecule has 1 unspecified atom stereocenters. The summed E-state index contributed by atoms with van der Waals surface area (Å²) in [6.07, 6.45) is 2.18. The molecule has 0 aliphatic heterocycles. The van der Waals surface area contributed by atoms with Crippen molar-refractivity contribution < 1.29 is 18.7 Å². The molecule has 0 aliphatic rings. The lowest BCUT2D eigenvalue weighted by Crippen LogP contribution is -2.46. The molecule has 2 rings (SSSR count). The van der Waals surface area contributed by atoms with E-state index in [-0.39, 0.29) is 18.0 Å². The Morgan fingerprint density at radius 1 is 1.36 bits per heavy atom. The number of oxazole rings is 1. The number of halogens is 1. The number of nitrogens with one attached hydrogen (secondary N) is 1. The van der Waals surface area contributed by atoms with E-state index < -0.39 is 0 Å². The van der Waals surface area contributed by atoms with Gasteiger partial charge in [0, 0.05) is 24.8 Å². The second-order valence-corrected chi connectivity index (χ2v) is 5.45. The van der Waals surface area contributed by atoms with Crippen molar-refractivity contribution in [3.63, 3.8) is 0 Å². The zero-order chi connectivity index (χ0) is 16.0. The summed E-state index contributed by atoms with van der Waals surface area (Å²) < 4.78 is 23.8. The van der Waals surface area contributed by atoms with Crippen molar-refractivity contribution in [3.05, 3.63) is 42.2 Å². The van der Waals surface area contributed by atoms with E-state index in [1.807, 2.05) is 6.92 Å². The van der Waals surface area contributed by atoms with Gasteiger partial charge >= 0.3 is 0 Å². The standard InChI is InChI=1S/C16H21FN2O3/c1-16(7-8-20,11-21-2)19-10-15-18-9-14(22-15)12-3-5-13(17)6-4-12/h3-6,9,19-20H,7-8,10-11H2,1-2H3. The summed E-state index contributed by atoms with van der Waals surface area (Å²) in [6.45, 7) is 2.93. The van der Waals surface area contributed by atoms with Crippen molar-refractivity contribution in [2.45, 2.75) is 25.4 Å². The van der Waals surface area contributed by atoms with E-state index in [9.17, 15) is 4.39 Å². The zero-order valence-electron chi connectivity index (χ0n) is 12.8. The number of aliphatic hydroxyl groups excluding tert-OH is 1. The van der Waals surface area contributed by atoms with Crippen molar-refractivity contribution in [2.24, 2.45) is 0 Å². The van der Waals surface area contributed by atoms with E-state index in [4.69, 9.17) is 14.3 Å². The van der Waals surface area contributed by atoms with Crippen LogP contribution in [0.1, 0.15) is 19.2 Å². The van der Waals surface area contributed by atoms with E-state index in [0.717, 1.165) is 5.56 Å². The molecule has 0 bridgehead atoms. The molecule has 22 heavy (non-hydrogen) atoms. The van der Waals surface area contributed by atoms with E-state index in [1.165, 1.54) is 12.1 Å². The highest BCUT2D eigenvalue weighted by Crippen LogP contribution is 2.21. The van der Waals surface area contributed by atoms with Gasteiger partial charge in [-0.1, -0.05) is 0 Å². The van der Waals surface area contributed by atoms with Crippen molar-refractivity contribution in [1.29, 1.82) is 0 Å². The molecule has 2 N–H and O–H groups in total. The first-order chi connectivity index (χ1) is 10.6. The topological polar surface area (TPSA) is 67.5 Å². The minimum atomic E-state index is -0.353. The Morgan fingerprint density at radius 2 is 2.09 bits per heavy atom. The fourth-order valence-electron chi connectivity index (χ4n) is 2.21. The van der Waals surface area contributed by atoms with Crippen LogP contribution in [0.25, 0.3) is 11.3 Å². The highest BCUT2D eigenvalue weighted by atomic mass is 19.1. The summed E-state index contributed by atoms with van der Waals surface area (Å²) >= 11 is 0. The molecule has 2 aromatic rings. The first kappa shape index (κ1) is 16.6. The van der Waals surface area contributed by atoms with Crippen LogP contribution in [0.4, 0.5) is 4.39 Å². The quantitative estimate of drug-likeness (QED) is 0.783. The number of nitrogens with zero attached hydrogens (tertiary/aromatic N) is 1. The minimum absolute atomic E-state index is 0.0687. The third-order valence-electron chi connectivity index (χ3n) is 3.48. The number of benzene rings is 1. The fraction of sp³-hybridized carbons (Fsp3) is 0.438. The highest BCUT2D eigenvalue weighted by Gasteiger charge is 2.23. The molecule has 1 aromatic carbocycles. The summed E-state index contributed by atoms with van der Waals surface area (Å²) in [7, 11) is 1.62. The largest absolute Gasteiger partial charge is 0.439 e. The normalized spacial score (nSPS) is 14.0. The van der Waals surface area contributed by atoms with Gasteiger partial charge < -0.3 is 19.6 Å². The van der Waals surface area contributed by atoms with Gasteiger partial charge in [0.05, 0.1) is 19.3 Å². The SMILES string of the molecule is COCC(C)(CCO)NCc1ncc(-c2ccc(F)cc2)o1. The number of hydrogen-bond acceptors (Lipinski definition) is 5. The van der Waals surface area contributed by atoms with Gasteiger partial charge in [0.25, 0.3) is 0 Å². The van der Waals surface area contributed by atoms with Crippen LogP contribution < -0.4 is 5.32 Å². The Kier molecular flexibility index (Phi) is 5.65. The number of ether oxygens (including phenoxy) is 1. The van der Waals surface area contributed by atoms with E-state index >= 15 is 0 Å². The number of aliphatic hydroxyl groups is 1. The van der Waals surface area contributed by atoms with Crippen LogP contribution in [-0.4, -0.2) is 36.0 Å². The van der Waals surface area contributed by atoms with Crippen molar-refractivity contribution in [3.8, 4) is 11.3 Å². The third-order valence-corrected chi connectivity index (χ3v) is 3.48. The maximum Gasteiger partial charge on any atom is 0.208 e. The van der Waals surface area contributed by atoms with Crippen LogP contribution in [0.15, 0.2) is 34.9 Å². The average molecular weight is 308 g/mol. The summed E-state index contributed by atoms with van der Waals surface area (Å²) in [5.41, 5.74) is 0.420. The smallest absolute Gasteiger partial charge is 0.208 e. The number of rotatable bonds is 8. The van der Waals surface area contributed by atoms with Gasteiger partial charge in [0.2, 0.25) is 5.89 Å². The zero-order valence-corrected chi connectivity index (χ0v) is 12.8. The van der Waals surface area contributed by atoms with Gasteiger partial charge in [-0.2, -0.15) is 0 Å². The first-order valence-electron chi connectivity index (χ1n) is 7.12. The molecule has 0 amide bonds. The maximum absolute atomic E-state index is 12.9. The van der Waals surface area contributed by atoms with Crippen molar-refractivity contribution in [1.82, 2.24) is 10.3 Å². The molecule has 0 saturated heterocycles. The number of methoxy groups -OCH3 is 1. The maximum atomic E-state index is 12.9. The third kappa shape index (κ3) is 4.37. The number of hydrogen-bond donors (Lipinski definition) is 2. The fourth-order valence-corrected chi connectivity index (χ4v) is 2.21. The first-order valence-corrected chi connectivity index (χ1v) is 7.12. The molecule has 120 valence electrons. The lowest BCUT2D eigenvalue weighted by atomic mass is 9.99. The monoisotopic (exact) mass is 308 g/mol. The second kappa shape index (κ2) is 7.49. The molecular weight excluding hydrogens is 287 g/mol. The molecule has 0 aliphatic carbocycles. The molecule has 1 heterocycles. The summed E-state index contributed by atoms with van der Waals surface area (Å²) in [6, 6.07) is 6.06. The predicted octanol–water partition coefficient (Wildman–Crippen LogP) is 2.36. The van der Waals surface area contributed by atoms with Crippen LogP contribution in [0, 0.1) is 5.82 Å². The second-order valence-electron chi connectivity index (χ2n) is 5.45. The van der Waals surface area contributed by atoms with Gasteiger partial charge in [-0.15, -0.1) is 0 Å². The van der Waals surface area contributed by atoms with Crippen LogP contribution >= 0.6 is 0 Å². The van der Waals surface area contributed by atoms with E-state index in [1.54, 1.807) is 25.4 Å². The molecule has 6 heteroatoms.